The van der Waals surface area contributed by atoms with Crippen molar-refractivity contribution in [3.05, 3.63) is 181 Å². The van der Waals surface area contributed by atoms with Gasteiger partial charge in [0.25, 0.3) is 0 Å². The van der Waals surface area contributed by atoms with Crippen LogP contribution < -0.4 is 0 Å². The highest BCUT2D eigenvalue weighted by molar-refractivity contribution is 7.26. The van der Waals surface area contributed by atoms with Crippen LogP contribution in [0, 0.1) is 0 Å². The van der Waals surface area contributed by atoms with E-state index in [1.807, 2.05) is 47.7 Å². The van der Waals surface area contributed by atoms with Gasteiger partial charge in [-0.25, -0.2) is 15.0 Å². The zero-order chi connectivity index (χ0) is 37.8. The molecule has 8 aromatic carbocycles. The van der Waals surface area contributed by atoms with Gasteiger partial charge in [-0.2, -0.15) is 0 Å². The average Bonchev–Trinajstić information content (AvgIpc) is 3.88. The van der Waals surface area contributed by atoms with E-state index in [9.17, 15) is 0 Å². The lowest BCUT2D eigenvalue weighted by atomic mass is 9.81. The lowest BCUT2D eigenvalue weighted by Crippen LogP contribution is -2.16. The summed E-state index contributed by atoms with van der Waals surface area (Å²) in [6, 6.07) is 61.0. The van der Waals surface area contributed by atoms with Crippen molar-refractivity contribution in [3.8, 4) is 51.0 Å². The van der Waals surface area contributed by atoms with Gasteiger partial charge in [-0.15, -0.1) is 11.3 Å². The molecule has 0 N–H and O–H groups in total. The molecule has 0 saturated carbocycles. The molecule has 0 atom stereocenters. The second-order valence-electron chi connectivity index (χ2n) is 15.6. The van der Waals surface area contributed by atoms with Crippen molar-refractivity contribution in [3.63, 3.8) is 0 Å². The number of fused-ring (bicyclic) bond motifs is 11. The van der Waals surface area contributed by atoms with Crippen LogP contribution >= 0.6 is 11.3 Å². The zero-order valence-electron chi connectivity index (χ0n) is 31.4. The van der Waals surface area contributed by atoms with Crippen molar-refractivity contribution in [2.45, 2.75) is 19.3 Å². The normalized spacial score (nSPS) is 13.2. The van der Waals surface area contributed by atoms with Crippen molar-refractivity contribution in [1.29, 1.82) is 0 Å². The Kier molecular flexibility index (Phi) is 6.82. The number of nitrogens with zero attached hydrogens (tertiary/aromatic N) is 4. The van der Waals surface area contributed by atoms with Gasteiger partial charge in [-0.1, -0.05) is 153 Å². The summed E-state index contributed by atoms with van der Waals surface area (Å²) in [5, 5.41) is 7.35. The third kappa shape index (κ3) is 4.70. The Morgan fingerprint density at radius 1 is 0.491 bits per heavy atom. The molecule has 1 aliphatic carbocycles. The Hall–Kier alpha value is -6.95. The highest BCUT2D eigenvalue weighted by Crippen LogP contribution is 2.54. The van der Waals surface area contributed by atoms with Crippen LogP contribution in [0.2, 0.25) is 0 Å². The summed E-state index contributed by atoms with van der Waals surface area (Å²) in [4.78, 5) is 15.5. The second-order valence-corrected chi connectivity index (χ2v) is 16.6. The minimum atomic E-state index is -0.206. The minimum Gasteiger partial charge on any atom is -0.307 e. The van der Waals surface area contributed by atoms with E-state index >= 15 is 0 Å². The molecule has 0 radical (unpaired) electrons. The van der Waals surface area contributed by atoms with Crippen LogP contribution in [-0.2, 0) is 5.41 Å². The van der Waals surface area contributed by atoms with E-state index < -0.39 is 0 Å². The van der Waals surface area contributed by atoms with Crippen molar-refractivity contribution in [2.75, 3.05) is 0 Å². The third-order valence-electron chi connectivity index (χ3n) is 12.0. The summed E-state index contributed by atoms with van der Waals surface area (Å²) in [5.74, 6) is 1.97. The SMILES string of the molecule is CC1(C)c2ccccc2-c2ccc3c4cc5ccccc5cc4n(-c4ccc(-c5nc(-c6ccccc6)nc(-c6ccccc6)n5)c5c4sc4ccccc45)c3c21. The van der Waals surface area contributed by atoms with Gasteiger partial charge in [-0.05, 0) is 63.4 Å². The lowest BCUT2D eigenvalue weighted by molar-refractivity contribution is 0.664. The number of aromatic nitrogens is 4. The maximum absolute atomic E-state index is 5.23. The van der Waals surface area contributed by atoms with E-state index in [0.717, 1.165) is 27.8 Å². The highest BCUT2D eigenvalue weighted by Gasteiger charge is 2.38. The Labute approximate surface area is 333 Å². The summed E-state index contributed by atoms with van der Waals surface area (Å²) in [7, 11) is 0. The maximum atomic E-state index is 5.23. The highest BCUT2D eigenvalue weighted by atomic mass is 32.1. The standard InChI is InChI=1S/C52H34N4S/c1-52(2)41-23-13-11-21-35(41)36-25-26-37-40-29-33-19-9-10-20-34(33)30-43(40)56(47(37)46(36)52)42-28-27-39(45-38-22-12-14-24-44(38)57-48(42)45)51-54-49(31-15-5-3-6-16-31)53-50(55-51)32-17-7-4-8-18-32/h3-30H,1-2H3. The largest absolute Gasteiger partial charge is 0.307 e. The van der Waals surface area contributed by atoms with Crippen molar-refractivity contribution in [1.82, 2.24) is 19.5 Å². The molecular weight excluding hydrogens is 713 g/mol. The molecule has 0 amide bonds. The molecule has 3 aromatic heterocycles. The third-order valence-corrected chi connectivity index (χ3v) is 13.2. The summed E-state index contributed by atoms with van der Waals surface area (Å²) >= 11 is 1.85. The first-order valence-electron chi connectivity index (χ1n) is 19.5. The minimum absolute atomic E-state index is 0.206. The molecule has 0 bridgehead atoms. The molecular formula is C52H34N4S. The van der Waals surface area contributed by atoms with Crippen LogP contribution in [0.4, 0.5) is 0 Å². The molecule has 57 heavy (non-hydrogen) atoms. The van der Waals surface area contributed by atoms with Gasteiger partial charge in [0, 0.05) is 48.4 Å². The Morgan fingerprint density at radius 3 is 1.86 bits per heavy atom. The van der Waals surface area contributed by atoms with Crippen LogP contribution in [0.15, 0.2) is 170 Å². The first kappa shape index (κ1) is 32.3. The van der Waals surface area contributed by atoms with Crippen LogP contribution in [0.5, 0.6) is 0 Å². The lowest BCUT2D eigenvalue weighted by Gasteiger charge is -2.24. The molecule has 0 aliphatic heterocycles. The summed E-state index contributed by atoms with van der Waals surface area (Å²) in [6.07, 6.45) is 0. The summed E-state index contributed by atoms with van der Waals surface area (Å²) < 4.78 is 5.00. The van der Waals surface area contributed by atoms with Gasteiger partial charge in [0.1, 0.15) is 0 Å². The predicted molar refractivity (Wildman–Crippen MR) is 238 cm³/mol. The fourth-order valence-electron chi connectivity index (χ4n) is 9.40. The average molecular weight is 747 g/mol. The smallest absolute Gasteiger partial charge is 0.164 e. The number of hydrogen-bond donors (Lipinski definition) is 0. The molecule has 0 fully saturated rings. The molecule has 268 valence electrons. The zero-order valence-corrected chi connectivity index (χ0v) is 32.2. The molecule has 11 aromatic rings. The van der Waals surface area contributed by atoms with E-state index in [0.29, 0.717) is 17.5 Å². The number of thiophene rings is 1. The van der Waals surface area contributed by atoms with Gasteiger partial charge in [0.2, 0.25) is 0 Å². The molecule has 3 heterocycles. The van der Waals surface area contributed by atoms with Gasteiger partial charge < -0.3 is 4.57 Å². The van der Waals surface area contributed by atoms with E-state index in [1.165, 1.54) is 69.6 Å². The van der Waals surface area contributed by atoms with Gasteiger partial charge in [0.05, 0.1) is 21.4 Å². The van der Waals surface area contributed by atoms with Crippen molar-refractivity contribution in [2.24, 2.45) is 0 Å². The van der Waals surface area contributed by atoms with Crippen LogP contribution in [0.1, 0.15) is 25.0 Å². The Balaban J connectivity index is 1.21. The molecule has 5 heteroatoms. The molecule has 4 nitrogen and oxygen atoms in total. The monoisotopic (exact) mass is 746 g/mol. The van der Waals surface area contributed by atoms with E-state index in [4.69, 9.17) is 15.0 Å². The van der Waals surface area contributed by atoms with Crippen LogP contribution in [0.3, 0.4) is 0 Å². The summed E-state index contributed by atoms with van der Waals surface area (Å²) in [5.41, 5.74) is 11.7. The predicted octanol–water partition coefficient (Wildman–Crippen LogP) is 13.8. The first-order chi connectivity index (χ1) is 28.0. The molecule has 0 saturated heterocycles. The van der Waals surface area contributed by atoms with Gasteiger partial charge >= 0.3 is 0 Å². The van der Waals surface area contributed by atoms with E-state index in [1.54, 1.807) is 0 Å². The molecule has 1 aliphatic rings. The number of hydrogen-bond acceptors (Lipinski definition) is 4. The topological polar surface area (TPSA) is 43.6 Å². The molecule has 0 unspecified atom stereocenters. The maximum Gasteiger partial charge on any atom is 0.164 e. The first-order valence-corrected chi connectivity index (χ1v) is 20.3. The van der Waals surface area contributed by atoms with Crippen molar-refractivity contribution < 1.29 is 0 Å². The van der Waals surface area contributed by atoms with E-state index in [-0.39, 0.29) is 5.41 Å². The van der Waals surface area contributed by atoms with Gasteiger partial charge in [0.15, 0.2) is 17.5 Å². The summed E-state index contributed by atoms with van der Waals surface area (Å²) in [6.45, 7) is 4.78. The van der Waals surface area contributed by atoms with Gasteiger partial charge in [-0.3, -0.25) is 0 Å². The van der Waals surface area contributed by atoms with Crippen molar-refractivity contribution >= 4 is 64.1 Å². The Morgan fingerprint density at radius 2 is 1.11 bits per heavy atom. The Bertz CT molecular complexity index is 3370. The van der Waals surface area contributed by atoms with E-state index in [2.05, 4.69) is 152 Å². The van der Waals surface area contributed by atoms with Crippen LogP contribution in [-0.4, -0.2) is 19.5 Å². The fraction of sp³-hybridized carbons (Fsp3) is 0.0577. The second kappa shape index (κ2) is 12.0. The number of benzene rings is 8. The molecule has 0 spiro atoms. The quantitative estimate of drug-likeness (QED) is 0.180. The number of rotatable bonds is 4. The van der Waals surface area contributed by atoms with Crippen LogP contribution in [0.25, 0.3) is 104 Å². The fourth-order valence-corrected chi connectivity index (χ4v) is 10.6. The molecule has 12 rings (SSSR count).